The van der Waals surface area contributed by atoms with Crippen molar-refractivity contribution in [1.82, 2.24) is 0 Å². The average Bonchev–Trinajstić information content (AvgIpc) is 2.78. The highest BCUT2D eigenvalue weighted by Gasteiger charge is 2.35. The van der Waals surface area contributed by atoms with E-state index in [2.05, 4.69) is 61.1 Å². The Morgan fingerprint density at radius 1 is 0.871 bits per heavy atom. The van der Waals surface area contributed by atoms with Crippen molar-refractivity contribution < 1.29 is 20.1 Å². The van der Waals surface area contributed by atoms with Gasteiger partial charge >= 0.3 is 5.97 Å². The Kier molecular flexibility index (Phi) is 7.58. The fourth-order valence-corrected chi connectivity index (χ4v) is 7.82. The molecule has 0 aromatic heterocycles. The third-order valence-corrected chi connectivity index (χ3v) is 10.1. The van der Waals surface area contributed by atoms with Crippen LogP contribution < -0.4 is 15.6 Å². The number of hydrogen-bond donors (Lipinski definition) is 3. The number of hydrogen-bond acceptors (Lipinski definition) is 3. The Hall–Kier alpha value is -2.99. The third-order valence-electron chi connectivity index (χ3n) is 5.62. The van der Waals surface area contributed by atoms with E-state index in [1.54, 1.807) is 6.08 Å². The summed E-state index contributed by atoms with van der Waals surface area (Å²) in [5.41, 5.74) is 1.01. The molecule has 0 amide bonds. The lowest BCUT2D eigenvalue weighted by Gasteiger charge is -2.31. The summed E-state index contributed by atoms with van der Waals surface area (Å²) in [6.45, 7) is 2.33. The molecule has 3 N–H and O–H groups in total. The minimum Gasteiger partial charge on any atom is -0.481 e. The monoisotopic (exact) mass is 432 g/mol. The average molecular weight is 433 g/mol. The SMILES string of the molecule is C[Si](c1ccccc1)(c1ccccc1)c1ccccc1/C=C/C(O)CC(O)CC(=O)O. The van der Waals surface area contributed by atoms with E-state index in [0.29, 0.717) is 0 Å². The Labute approximate surface area is 184 Å². The van der Waals surface area contributed by atoms with Crippen molar-refractivity contribution in [2.24, 2.45) is 0 Å². The van der Waals surface area contributed by atoms with Gasteiger partial charge in [0.05, 0.1) is 18.6 Å². The van der Waals surface area contributed by atoms with E-state index < -0.39 is 26.3 Å². The molecular formula is C26H28O4Si. The zero-order valence-corrected chi connectivity index (χ0v) is 18.6. The standard InChI is InChI=1S/C26H28O4Si/c1-31(23-11-4-2-5-12-23,24-13-6-3-7-14-24)25-15-9-8-10-20(25)16-17-21(27)18-22(28)19-26(29)30/h2-17,21-22,27-28H,18-19H2,1H3,(H,29,30)/b17-16+. The van der Waals surface area contributed by atoms with Crippen molar-refractivity contribution in [3.63, 3.8) is 0 Å². The number of carboxylic acids is 1. The van der Waals surface area contributed by atoms with E-state index in [4.69, 9.17) is 5.11 Å². The summed E-state index contributed by atoms with van der Waals surface area (Å²) in [6, 6.07) is 29.2. The predicted molar refractivity (Wildman–Crippen MR) is 128 cm³/mol. The van der Waals surface area contributed by atoms with E-state index in [1.807, 2.05) is 36.4 Å². The van der Waals surface area contributed by atoms with Crippen molar-refractivity contribution in [3.05, 3.63) is 96.6 Å². The highest BCUT2D eigenvalue weighted by atomic mass is 28.3. The summed E-state index contributed by atoms with van der Waals surface area (Å²) in [4.78, 5) is 10.7. The van der Waals surface area contributed by atoms with Gasteiger partial charge in [-0.05, 0) is 21.1 Å². The van der Waals surface area contributed by atoms with Crippen molar-refractivity contribution >= 4 is 35.7 Å². The van der Waals surface area contributed by atoms with Gasteiger partial charge in [-0.1, -0.05) is 104 Å². The molecule has 0 saturated heterocycles. The zero-order valence-electron chi connectivity index (χ0n) is 17.6. The zero-order chi connectivity index (χ0) is 22.3. The van der Waals surface area contributed by atoms with Crippen LogP contribution in [0.4, 0.5) is 0 Å². The Bertz CT molecular complexity index is 978. The topological polar surface area (TPSA) is 77.8 Å². The summed E-state index contributed by atoms with van der Waals surface area (Å²) in [5.74, 6) is -1.08. The molecule has 0 heterocycles. The number of aliphatic carboxylic acids is 1. The van der Waals surface area contributed by atoms with Crippen LogP contribution in [0.25, 0.3) is 6.08 Å². The molecule has 31 heavy (non-hydrogen) atoms. The number of aliphatic hydroxyl groups excluding tert-OH is 2. The van der Waals surface area contributed by atoms with Gasteiger partial charge in [0.2, 0.25) is 0 Å². The summed E-state index contributed by atoms with van der Waals surface area (Å²) in [6.07, 6.45) is 1.11. The molecule has 3 aromatic rings. The van der Waals surface area contributed by atoms with E-state index in [-0.39, 0.29) is 12.8 Å². The van der Waals surface area contributed by atoms with Crippen LogP contribution >= 0.6 is 0 Å². The lowest BCUT2D eigenvalue weighted by molar-refractivity contribution is -0.139. The molecule has 2 unspecified atom stereocenters. The summed E-state index contributed by atoms with van der Waals surface area (Å²) >= 11 is 0. The van der Waals surface area contributed by atoms with E-state index >= 15 is 0 Å². The van der Waals surface area contributed by atoms with Crippen LogP contribution in [-0.2, 0) is 4.79 Å². The van der Waals surface area contributed by atoms with Crippen molar-refractivity contribution in [1.29, 1.82) is 0 Å². The molecule has 0 fully saturated rings. The van der Waals surface area contributed by atoms with Crippen LogP contribution in [-0.4, -0.2) is 41.6 Å². The lowest BCUT2D eigenvalue weighted by atomic mass is 10.1. The first-order chi connectivity index (χ1) is 14.9. The molecular weight excluding hydrogens is 404 g/mol. The van der Waals surface area contributed by atoms with E-state index in [1.165, 1.54) is 15.6 Å². The molecule has 0 radical (unpaired) electrons. The number of carboxylic acid groups (broad SMARTS) is 1. The van der Waals surface area contributed by atoms with Gasteiger partial charge in [-0.3, -0.25) is 4.79 Å². The minimum atomic E-state index is -2.31. The van der Waals surface area contributed by atoms with Crippen LogP contribution in [0.2, 0.25) is 6.55 Å². The van der Waals surface area contributed by atoms with Gasteiger partial charge in [0.25, 0.3) is 0 Å². The van der Waals surface area contributed by atoms with Gasteiger partial charge in [-0.25, -0.2) is 0 Å². The summed E-state index contributed by atoms with van der Waals surface area (Å²) in [5, 5.41) is 32.7. The van der Waals surface area contributed by atoms with Gasteiger partial charge in [-0.15, -0.1) is 0 Å². The number of carbonyl (C=O) groups is 1. The van der Waals surface area contributed by atoms with Gasteiger partial charge in [-0.2, -0.15) is 0 Å². The summed E-state index contributed by atoms with van der Waals surface area (Å²) < 4.78 is 0. The van der Waals surface area contributed by atoms with Crippen LogP contribution in [0.15, 0.2) is 91.0 Å². The normalized spacial score (nSPS) is 13.8. The second kappa shape index (κ2) is 10.4. The first-order valence-corrected chi connectivity index (χ1v) is 12.9. The molecule has 5 heteroatoms. The van der Waals surface area contributed by atoms with Crippen LogP contribution in [0.5, 0.6) is 0 Å². The van der Waals surface area contributed by atoms with Gasteiger partial charge in [0.15, 0.2) is 0 Å². The Morgan fingerprint density at radius 2 is 1.39 bits per heavy atom. The molecule has 2 atom stereocenters. The second-order valence-corrected chi connectivity index (χ2v) is 11.8. The maximum atomic E-state index is 10.7. The second-order valence-electron chi connectivity index (χ2n) is 7.86. The van der Waals surface area contributed by atoms with Crippen LogP contribution in [0, 0.1) is 0 Å². The van der Waals surface area contributed by atoms with Crippen molar-refractivity contribution in [2.75, 3.05) is 0 Å². The minimum absolute atomic E-state index is 0.0168. The number of aliphatic hydroxyl groups is 2. The Balaban J connectivity index is 1.99. The maximum absolute atomic E-state index is 10.7. The van der Waals surface area contributed by atoms with Crippen LogP contribution in [0.1, 0.15) is 18.4 Å². The van der Waals surface area contributed by atoms with E-state index in [0.717, 1.165) is 5.56 Å². The molecule has 0 aliphatic rings. The van der Waals surface area contributed by atoms with Gasteiger partial charge in [0.1, 0.15) is 8.07 Å². The molecule has 0 bridgehead atoms. The van der Waals surface area contributed by atoms with Crippen molar-refractivity contribution in [2.45, 2.75) is 31.6 Å². The molecule has 3 rings (SSSR count). The van der Waals surface area contributed by atoms with E-state index in [9.17, 15) is 15.0 Å². The molecule has 160 valence electrons. The third kappa shape index (κ3) is 5.58. The quantitative estimate of drug-likeness (QED) is 0.358. The molecule has 4 nitrogen and oxygen atoms in total. The molecule has 3 aromatic carbocycles. The smallest absolute Gasteiger partial charge is 0.305 e. The predicted octanol–water partition coefficient (Wildman–Crippen LogP) is 2.39. The molecule has 0 saturated carbocycles. The highest BCUT2D eigenvalue weighted by molar-refractivity contribution is 7.11. The molecule has 0 aliphatic carbocycles. The Morgan fingerprint density at radius 3 is 1.94 bits per heavy atom. The lowest BCUT2D eigenvalue weighted by Crippen LogP contribution is -2.65. The fraction of sp³-hybridized carbons (Fsp3) is 0.192. The largest absolute Gasteiger partial charge is 0.481 e. The van der Waals surface area contributed by atoms with Crippen molar-refractivity contribution in [3.8, 4) is 0 Å². The van der Waals surface area contributed by atoms with Crippen LogP contribution in [0.3, 0.4) is 0 Å². The fourth-order valence-electron chi connectivity index (χ4n) is 3.98. The molecule has 0 aliphatic heterocycles. The highest BCUT2D eigenvalue weighted by Crippen LogP contribution is 2.13. The van der Waals surface area contributed by atoms with Gasteiger partial charge in [0, 0.05) is 6.42 Å². The number of benzene rings is 3. The first kappa shape index (κ1) is 22.7. The first-order valence-electron chi connectivity index (χ1n) is 10.4. The number of rotatable bonds is 9. The maximum Gasteiger partial charge on any atom is 0.305 e. The summed E-state index contributed by atoms with van der Waals surface area (Å²) in [7, 11) is -2.31. The molecule has 0 spiro atoms. The van der Waals surface area contributed by atoms with Gasteiger partial charge < -0.3 is 15.3 Å².